The van der Waals surface area contributed by atoms with Crippen molar-refractivity contribution in [3.63, 3.8) is 0 Å². The van der Waals surface area contributed by atoms with Crippen LogP contribution in [0, 0.1) is 15.5 Å². The summed E-state index contributed by atoms with van der Waals surface area (Å²) >= 11 is 0. The molecule has 0 radical (unpaired) electrons. The molecule has 2 aliphatic rings. The number of nitro groups is 1. The first-order valence-electron chi connectivity index (χ1n) is 12.6. The summed E-state index contributed by atoms with van der Waals surface area (Å²) < 4.78 is 5.52. The molecule has 0 atom stereocenters. The largest absolute Gasteiger partial charge is 0.495 e. The van der Waals surface area contributed by atoms with Crippen molar-refractivity contribution >= 4 is 23.0 Å². The highest BCUT2D eigenvalue weighted by molar-refractivity contribution is 5.99. The molecule has 2 aromatic carbocycles. The van der Waals surface area contributed by atoms with E-state index in [2.05, 4.69) is 15.9 Å². The molecule has 8 heteroatoms. The van der Waals surface area contributed by atoms with E-state index >= 15 is 0 Å². The van der Waals surface area contributed by atoms with Crippen LogP contribution in [0.5, 0.6) is 5.75 Å². The predicted molar refractivity (Wildman–Crippen MR) is 138 cm³/mol. The van der Waals surface area contributed by atoms with Gasteiger partial charge in [0, 0.05) is 50.7 Å². The number of hydrogen-bond acceptors (Lipinski definition) is 6. The number of anilines is 2. The van der Waals surface area contributed by atoms with Gasteiger partial charge in [-0.1, -0.05) is 50.5 Å². The highest BCUT2D eigenvalue weighted by atomic mass is 16.6. The van der Waals surface area contributed by atoms with E-state index in [1.807, 2.05) is 25.1 Å². The Hall–Kier alpha value is -3.13. The SMILES string of the molecule is COc1ccccc1N1CCN(CCN(C(=O)C2(C)CCCCC2)c2ccccc2[N+](=O)[O-])CC1. The van der Waals surface area contributed by atoms with Crippen molar-refractivity contribution in [2.24, 2.45) is 5.41 Å². The van der Waals surface area contributed by atoms with Gasteiger partial charge in [-0.25, -0.2) is 0 Å². The van der Waals surface area contributed by atoms with Crippen molar-refractivity contribution in [2.45, 2.75) is 39.0 Å². The first-order valence-corrected chi connectivity index (χ1v) is 12.6. The lowest BCUT2D eigenvalue weighted by Gasteiger charge is -2.39. The third-order valence-corrected chi connectivity index (χ3v) is 7.53. The number of ether oxygens (including phenoxy) is 1. The monoisotopic (exact) mass is 480 g/mol. The van der Waals surface area contributed by atoms with Crippen molar-refractivity contribution in [1.82, 2.24) is 4.90 Å². The van der Waals surface area contributed by atoms with Gasteiger partial charge in [0.2, 0.25) is 5.91 Å². The molecule has 0 bridgehead atoms. The molecule has 1 aliphatic carbocycles. The second kappa shape index (κ2) is 11.1. The number of nitrogens with zero attached hydrogens (tertiary/aromatic N) is 4. The Morgan fingerprint density at radius 3 is 2.37 bits per heavy atom. The van der Waals surface area contributed by atoms with E-state index in [0.29, 0.717) is 18.8 Å². The van der Waals surface area contributed by atoms with E-state index in [1.165, 1.54) is 6.07 Å². The average molecular weight is 481 g/mol. The first kappa shape index (κ1) is 25.0. The molecule has 0 unspecified atom stereocenters. The molecule has 0 N–H and O–H groups in total. The van der Waals surface area contributed by atoms with Gasteiger partial charge in [0.15, 0.2) is 0 Å². The number of methoxy groups -OCH3 is 1. The fourth-order valence-electron chi connectivity index (χ4n) is 5.39. The van der Waals surface area contributed by atoms with Crippen molar-refractivity contribution in [2.75, 3.05) is 56.2 Å². The van der Waals surface area contributed by atoms with Crippen LogP contribution in [-0.2, 0) is 4.79 Å². The molecular weight excluding hydrogens is 444 g/mol. The van der Waals surface area contributed by atoms with Crippen LogP contribution in [0.2, 0.25) is 0 Å². The number of para-hydroxylation sites is 4. The Morgan fingerprint density at radius 1 is 1.03 bits per heavy atom. The van der Waals surface area contributed by atoms with Gasteiger partial charge in [0.25, 0.3) is 5.69 Å². The summed E-state index contributed by atoms with van der Waals surface area (Å²) in [4.78, 5) is 31.6. The van der Waals surface area contributed by atoms with E-state index in [0.717, 1.165) is 69.7 Å². The van der Waals surface area contributed by atoms with Crippen LogP contribution in [-0.4, -0.2) is 62.1 Å². The van der Waals surface area contributed by atoms with Crippen molar-refractivity contribution in [3.8, 4) is 5.75 Å². The third-order valence-electron chi connectivity index (χ3n) is 7.53. The Balaban J connectivity index is 1.47. The van der Waals surface area contributed by atoms with Gasteiger partial charge in [0.05, 0.1) is 17.7 Å². The number of hydrogen-bond donors (Lipinski definition) is 0. The number of carbonyl (C=O) groups excluding carboxylic acids is 1. The van der Waals surface area contributed by atoms with Gasteiger partial charge >= 0.3 is 0 Å². The summed E-state index contributed by atoms with van der Waals surface area (Å²) in [5.74, 6) is 0.883. The minimum atomic E-state index is -0.468. The van der Waals surface area contributed by atoms with E-state index in [9.17, 15) is 14.9 Å². The van der Waals surface area contributed by atoms with Crippen LogP contribution in [0.25, 0.3) is 0 Å². The fraction of sp³-hybridized carbons (Fsp3) is 0.519. The molecule has 8 nitrogen and oxygen atoms in total. The Morgan fingerprint density at radius 2 is 1.69 bits per heavy atom. The van der Waals surface area contributed by atoms with Gasteiger partial charge in [-0.15, -0.1) is 0 Å². The number of piperazine rings is 1. The highest BCUT2D eigenvalue weighted by Gasteiger charge is 2.39. The average Bonchev–Trinajstić information content (AvgIpc) is 2.89. The third kappa shape index (κ3) is 5.59. The molecule has 2 fully saturated rings. The Kier molecular flexibility index (Phi) is 7.90. The van der Waals surface area contributed by atoms with Crippen LogP contribution in [0.3, 0.4) is 0 Å². The van der Waals surface area contributed by atoms with E-state index < -0.39 is 5.41 Å². The van der Waals surface area contributed by atoms with E-state index in [4.69, 9.17) is 4.74 Å². The van der Waals surface area contributed by atoms with Crippen LogP contribution in [0.4, 0.5) is 17.1 Å². The quantitative estimate of drug-likeness (QED) is 0.402. The summed E-state index contributed by atoms with van der Waals surface area (Å²) in [6.07, 6.45) is 4.86. The molecule has 4 rings (SSSR count). The summed E-state index contributed by atoms with van der Waals surface area (Å²) in [6.45, 7) is 6.57. The summed E-state index contributed by atoms with van der Waals surface area (Å²) in [7, 11) is 1.69. The van der Waals surface area contributed by atoms with Crippen molar-refractivity contribution < 1.29 is 14.5 Å². The van der Waals surface area contributed by atoms with Crippen molar-refractivity contribution in [1.29, 1.82) is 0 Å². The zero-order valence-corrected chi connectivity index (χ0v) is 20.8. The predicted octanol–water partition coefficient (Wildman–Crippen LogP) is 4.73. The first-order chi connectivity index (χ1) is 16.9. The minimum Gasteiger partial charge on any atom is -0.495 e. The topological polar surface area (TPSA) is 79.2 Å². The maximum atomic E-state index is 13.8. The molecule has 1 saturated heterocycles. The van der Waals surface area contributed by atoms with Crippen LogP contribution < -0.4 is 14.5 Å². The molecule has 188 valence electrons. The maximum absolute atomic E-state index is 13.8. The number of rotatable bonds is 8. The molecule has 1 saturated carbocycles. The summed E-state index contributed by atoms with van der Waals surface area (Å²) in [6, 6.07) is 14.7. The molecular formula is C27H36N4O4. The number of carbonyl (C=O) groups is 1. The molecule has 1 amide bonds. The smallest absolute Gasteiger partial charge is 0.292 e. The van der Waals surface area contributed by atoms with Crippen LogP contribution in [0.1, 0.15) is 39.0 Å². The fourth-order valence-corrected chi connectivity index (χ4v) is 5.39. The normalized spacial score (nSPS) is 18.2. The van der Waals surface area contributed by atoms with Gasteiger partial charge < -0.3 is 14.5 Å². The number of amides is 1. The van der Waals surface area contributed by atoms with Gasteiger partial charge in [-0.2, -0.15) is 0 Å². The lowest BCUT2D eigenvalue weighted by atomic mass is 9.74. The zero-order valence-electron chi connectivity index (χ0n) is 20.8. The van der Waals surface area contributed by atoms with E-state index in [-0.39, 0.29) is 16.5 Å². The Bertz CT molecular complexity index is 1030. The van der Waals surface area contributed by atoms with Crippen LogP contribution in [0.15, 0.2) is 48.5 Å². The zero-order chi connectivity index (χ0) is 24.8. The van der Waals surface area contributed by atoms with Gasteiger partial charge in [-0.3, -0.25) is 19.8 Å². The highest BCUT2D eigenvalue weighted by Crippen LogP contribution is 2.40. The standard InChI is InChI=1S/C27H36N4O4/c1-27(14-8-3-9-15-27)26(32)30(22-10-4-5-11-23(22)31(33)34)21-18-28-16-19-29(20-17-28)24-12-6-7-13-25(24)35-2/h4-7,10-13H,3,8-9,14-21H2,1-2H3. The van der Waals surface area contributed by atoms with Gasteiger partial charge in [-0.05, 0) is 31.0 Å². The molecule has 0 spiro atoms. The minimum absolute atomic E-state index is 0.0127. The number of benzene rings is 2. The van der Waals surface area contributed by atoms with E-state index in [1.54, 1.807) is 30.2 Å². The second-order valence-corrected chi connectivity index (χ2v) is 9.82. The molecule has 1 heterocycles. The molecule has 1 aliphatic heterocycles. The second-order valence-electron chi connectivity index (χ2n) is 9.82. The summed E-state index contributed by atoms with van der Waals surface area (Å²) in [5, 5.41) is 11.8. The lowest BCUT2D eigenvalue weighted by molar-refractivity contribution is -0.384. The lowest BCUT2D eigenvalue weighted by Crippen LogP contribution is -2.51. The van der Waals surface area contributed by atoms with Gasteiger partial charge in [0.1, 0.15) is 11.4 Å². The summed E-state index contributed by atoms with van der Waals surface area (Å²) in [5.41, 5.74) is 1.02. The van der Waals surface area contributed by atoms with Crippen molar-refractivity contribution in [3.05, 3.63) is 58.6 Å². The number of nitro benzene ring substituents is 1. The molecule has 2 aromatic rings. The maximum Gasteiger partial charge on any atom is 0.292 e. The van der Waals surface area contributed by atoms with Crippen LogP contribution >= 0.6 is 0 Å². The Labute approximate surface area is 207 Å². The molecule has 35 heavy (non-hydrogen) atoms. The molecule has 0 aromatic heterocycles.